The van der Waals surface area contributed by atoms with Crippen LogP contribution >= 0.6 is 0 Å². The molecule has 1 N–H and O–H groups in total. The largest absolute Gasteiger partial charge is 0.501 e. The molecule has 0 fully saturated rings. The van der Waals surface area contributed by atoms with Crippen LogP contribution in [-0.2, 0) is 7.05 Å². The van der Waals surface area contributed by atoms with Crippen molar-refractivity contribution in [3.05, 3.63) is 48.8 Å². The van der Waals surface area contributed by atoms with E-state index in [4.69, 9.17) is 0 Å². The Labute approximate surface area is 104 Å². The average Bonchev–Trinajstić information content (AvgIpc) is 2.35. The molecule has 9 heteroatoms. The third kappa shape index (κ3) is 1.76. The van der Waals surface area contributed by atoms with Crippen LogP contribution in [0.3, 0.4) is 0 Å². The van der Waals surface area contributed by atoms with E-state index in [1.54, 1.807) is 0 Å². The fourth-order valence-electron chi connectivity index (χ4n) is 1.78. The van der Waals surface area contributed by atoms with Gasteiger partial charge in [-0.15, -0.1) is 0 Å². The lowest BCUT2D eigenvalue weighted by Gasteiger charge is -2.06. The van der Waals surface area contributed by atoms with E-state index in [9.17, 15) is 30.1 Å². The van der Waals surface area contributed by atoms with Crippen molar-refractivity contribution in [3.8, 4) is 5.75 Å². The van der Waals surface area contributed by atoms with E-state index in [2.05, 4.69) is 0 Å². The van der Waals surface area contributed by atoms with E-state index in [-0.39, 0.29) is 16.6 Å². The smallest absolute Gasteiger partial charge is 0.375 e. The van der Waals surface area contributed by atoms with Crippen LogP contribution in [-0.4, -0.2) is 19.5 Å². The van der Waals surface area contributed by atoms with Crippen LogP contribution in [0.5, 0.6) is 5.75 Å². The van der Waals surface area contributed by atoms with Crippen LogP contribution in [0.25, 0.3) is 10.9 Å². The van der Waals surface area contributed by atoms with Gasteiger partial charge < -0.3 is 9.67 Å². The molecule has 1 heterocycles. The number of aromatic nitrogens is 1. The minimum atomic E-state index is -1.02. The molecular weight excluding hydrogens is 258 g/mol. The van der Waals surface area contributed by atoms with Crippen LogP contribution in [0.4, 0.5) is 11.4 Å². The number of rotatable bonds is 2. The zero-order valence-electron chi connectivity index (χ0n) is 9.56. The van der Waals surface area contributed by atoms with Gasteiger partial charge in [0.2, 0.25) is 5.75 Å². The summed E-state index contributed by atoms with van der Waals surface area (Å²) in [7, 11) is 1.28. The van der Waals surface area contributed by atoms with Crippen molar-refractivity contribution in [2.24, 2.45) is 7.05 Å². The molecule has 1 aromatic carbocycles. The number of pyridine rings is 1. The van der Waals surface area contributed by atoms with Crippen molar-refractivity contribution < 1.29 is 15.0 Å². The maximum atomic E-state index is 11.7. The standard InChI is InChI=1S/C10H7N3O6/c1-11-7-3-2-5(12(16)17)4-6(7)9(14)8(10(11)15)13(18)19/h2-4,14H,1H3. The van der Waals surface area contributed by atoms with E-state index in [1.807, 2.05) is 0 Å². The predicted molar refractivity (Wildman–Crippen MR) is 64.2 cm³/mol. The highest BCUT2D eigenvalue weighted by molar-refractivity contribution is 5.90. The Morgan fingerprint density at radius 1 is 1.21 bits per heavy atom. The second-order valence-electron chi connectivity index (χ2n) is 3.78. The third-order valence-electron chi connectivity index (χ3n) is 2.72. The van der Waals surface area contributed by atoms with E-state index in [0.717, 1.165) is 16.7 Å². The van der Waals surface area contributed by atoms with Crippen LogP contribution < -0.4 is 5.56 Å². The highest BCUT2D eigenvalue weighted by atomic mass is 16.6. The van der Waals surface area contributed by atoms with Gasteiger partial charge in [0.1, 0.15) is 0 Å². The SMILES string of the molecule is Cn1c(=O)c([N+](=O)[O-])c(O)c2cc([N+](=O)[O-])ccc21. The van der Waals surface area contributed by atoms with Gasteiger partial charge in [-0.05, 0) is 6.07 Å². The minimum Gasteiger partial charge on any atom is -0.501 e. The summed E-state index contributed by atoms with van der Waals surface area (Å²) in [6, 6.07) is 3.38. The molecule has 2 aromatic rings. The lowest BCUT2D eigenvalue weighted by Crippen LogP contribution is -2.20. The molecule has 0 unspecified atom stereocenters. The van der Waals surface area contributed by atoms with Gasteiger partial charge in [0.05, 0.1) is 20.7 Å². The van der Waals surface area contributed by atoms with Gasteiger partial charge in [0, 0.05) is 19.2 Å². The molecule has 19 heavy (non-hydrogen) atoms. The summed E-state index contributed by atoms with van der Waals surface area (Å²) in [4.78, 5) is 31.4. The Bertz CT molecular complexity index is 779. The first-order chi connectivity index (χ1) is 8.84. The van der Waals surface area contributed by atoms with Crippen LogP contribution in [0, 0.1) is 20.2 Å². The first-order valence-electron chi connectivity index (χ1n) is 4.99. The topological polar surface area (TPSA) is 129 Å². The molecule has 0 aliphatic heterocycles. The third-order valence-corrected chi connectivity index (χ3v) is 2.72. The van der Waals surface area contributed by atoms with Crippen molar-refractivity contribution in [2.45, 2.75) is 0 Å². The Morgan fingerprint density at radius 2 is 1.84 bits per heavy atom. The number of aromatic hydroxyl groups is 1. The molecule has 2 rings (SSSR count). The molecular formula is C10H7N3O6. The van der Waals surface area contributed by atoms with Gasteiger partial charge in [0.15, 0.2) is 0 Å². The Morgan fingerprint density at radius 3 is 2.37 bits per heavy atom. The number of hydrogen-bond donors (Lipinski definition) is 1. The Kier molecular flexibility index (Phi) is 2.66. The van der Waals surface area contributed by atoms with E-state index in [1.165, 1.54) is 13.1 Å². The van der Waals surface area contributed by atoms with Gasteiger partial charge in [-0.2, -0.15) is 0 Å². The number of non-ortho nitro benzene ring substituents is 1. The number of aryl methyl sites for hydroxylation is 1. The van der Waals surface area contributed by atoms with Crippen molar-refractivity contribution in [2.75, 3.05) is 0 Å². The van der Waals surface area contributed by atoms with E-state index < -0.39 is 26.8 Å². The zero-order valence-corrected chi connectivity index (χ0v) is 9.56. The maximum Gasteiger partial charge on any atom is 0.375 e. The summed E-state index contributed by atoms with van der Waals surface area (Å²) in [5, 5.41) is 31.0. The van der Waals surface area contributed by atoms with Crippen molar-refractivity contribution in [1.82, 2.24) is 4.57 Å². The summed E-state index contributed by atoms with van der Waals surface area (Å²) < 4.78 is 0.955. The number of hydrogen-bond acceptors (Lipinski definition) is 6. The highest BCUT2D eigenvalue weighted by Gasteiger charge is 2.25. The number of fused-ring (bicyclic) bond motifs is 1. The lowest BCUT2D eigenvalue weighted by molar-refractivity contribution is -0.387. The second-order valence-corrected chi connectivity index (χ2v) is 3.78. The molecule has 0 saturated heterocycles. The van der Waals surface area contributed by atoms with Gasteiger partial charge in [-0.3, -0.25) is 25.0 Å². The molecule has 9 nitrogen and oxygen atoms in total. The molecule has 98 valence electrons. The number of benzene rings is 1. The Hall–Kier alpha value is -2.97. The lowest BCUT2D eigenvalue weighted by atomic mass is 10.1. The van der Waals surface area contributed by atoms with Gasteiger partial charge >= 0.3 is 11.2 Å². The van der Waals surface area contributed by atoms with Gasteiger partial charge in [-0.1, -0.05) is 0 Å². The van der Waals surface area contributed by atoms with Gasteiger partial charge in [-0.25, -0.2) is 0 Å². The first-order valence-corrected chi connectivity index (χ1v) is 4.99. The van der Waals surface area contributed by atoms with Crippen LogP contribution in [0.2, 0.25) is 0 Å². The number of nitro groups is 2. The highest BCUT2D eigenvalue weighted by Crippen LogP contribution is 2.32. The summed E-state index contributed by atoms with van der Waals surface area (Å²) in [5.41, 5.74) is -2.16. The molecule has 0 amide bonds. The molecule has 1 aromatic heterocycles. The summed E-state index contributed by atoms with van der Waals surface area (Å²) in [6.07, 6.45) is 0. The zero-order chi connectivity index (χ0) is 14.3. The quantitative estimate of drug-likeness (QED) is 0.638. The summed E-state index contributed by atoms with van der Waals surface area (Å²) in [6.45, 7) is 0. The molecule has 0 radical (unpaired) electrons. The van der Waals surface area contributed by atoms with Crippen molar-refractivity contribution in [3.63, 3.8) is 0 Å². The van der Waals surface area contributed by atoms with E-state index >= 15 is 0 Å². The molecule has 0 spiro atoms. The van der Waals surface area contributed by atoms with Gasteiger partial charge in [0.25, 0.3) is 5.69 Å². The molecule has 0 bridgehead atoms. The van der Waals surface area contributed by atoms with Crippen molar-refractivity contribution in [1.29, 1.82) is 0 Å². The van der Waals surface area contributed by atoms with Crippen molar-refractivity contribution >= 4 is 22.3 Å². The Balaban J connectivity index is 3.00. The maximum absolute atomic E-state index is 11.7. The molecule has 0 atom stereocenters. The number of nitro benzene ring substituents is 1. The number of nitrogens with zero attached hydrogens (tertiary/aromatic N) is 3. The monoisotopic (exact) mass is 265 g/mol. The minimum absolute atomic E-state index is 0.122. The molecule has 0 aliphatic rings. The second kappa shape index (κ2) is 4.05. The fourth-order valence-corrected chi connectivity index (χ4v) is 1.78. The van der Waals surface area contributed by atoms with Crippen LogP contribution in [0.1, 0.15) is 0 Å². The normalized spacial score (nSPS) is 10.6. The van der Waals surface area contributed by atoms with E-state index in [0.29, 0.717) is 0 Å². The van der Waals surface area contributed by atoms with Crippen LogP contribution in [0.15, 0.2) is 23.0 Å². The average molecular weight is 265 g/mol. The first kappa shape index (κ1) is 12.5. The molecule has 0 saturated carbocycles. The molecule has 0 aliphatic carbocycles. The summed E-state index contributed by atoms with van der Waals surface area (Å²) >= 11 is 0. The fraction of sp³-hybridized carbons (Fsp3) is 0.100. The predicted octanol–water partition coefficient (Wildman–Crippen LogP) is 1.06. The summed E-state index contributed by atoms with van der Waals surface area (Å²) in [5.74, 6) is -0.869.